The molecule has 0 amide bonds. The molecule has 2 aromatic rings. The molecule has 1 nitrogen and oxygen atoms in total. The van der Waals surface area contributed by atoms with Crippen LogP contribution in [0.4, 0.5) is 0 Å². The summed E-state index contributed by atoms with van der Waals surface area (Å²) in [6, 6.07) is 13.6. The van der Waals surface area contributed by atoms with Crippen molar-refractivity contribution in [3.05, 3.63) is 69.8 Å². The van der Waals surface area contributed by atoms with Crippen LogP contribution >= 0.6 is 0 Å². The van der Waals surface area contributed by atoms with Gasteiger partial charge in [0.15, 0.2) is 0 Å². The van der Waals surface area contributed by atoms with E-state index in [1.54, 1.807) is 0 Å². The lowest BCUT2D eigenvalue weighted by atomic mass is 9.91. The Morgan fingerprint density at radius 1 is 0.900 bits per heavy atom. The molecule has 0 aromatic heterocycles. The third-order valence-corrected chi connectivity index (χ3v) is 4.23. The van der Waals surface area contributed by atoms with Crippen LogP contribution in [0.5, 0.6) is 0 Å². The molecule has 0 aliphatic heterocycles. The minimum atomic E-state index is 0.277. The summed E-state index contributed by atoms with van der Waals surface area (Å²) in [4.78, 5) is 0. The maximum atomic E-state index is 3.63. The highest BCUT2D eigenvalue weighted by molar-refractivity contribution is 5.42. The monoisotopic (exact) mass is 267 g/mol. The standard InChI is InChI=1S/C19H25N/c1-6-20-19(17-11-10-13(2)15(4)12-17)18-9-7-8-14(3)16(18)5/h7-12,19-20H,6H2,1-5H3. The quantitative estimate of drug-likeness (QED) is 0.852. The predicted octanol–water partition coefficient (Wildman–Crippen LogP) is 4.62. The molecule has 1 heteroatoms. The first-order chi connectivity index (χ1) is 9.54. The molecule has 0 aliphatic carbocycles. The van der Waals surface area contributed by atoms with Crippen LogP contribution in [0.3, 0.4) is 0 Å². The first-order valence-electron chi connectivity index (χ1n) is 7.41. The second-order valence-electron chi connectivity index (χ2n) is 5.62. The molecular formula is C19H25N. The van der Waals surface area contributed by atoms with E-state index in [0.29, 0.717) is 0 Å². The maximum Gasteiger partial charge on any atom is 0.0579 e. The Balaban J connectivity index is 2.50. The SMILES string of the molecule is CCNC(c1ccc(C)c(C)c1)c1cccc(C)c1C. The summed E-state index contributed by atoms with van der Waals surface area (Å²) in [6.45, 7) is 11.9. The molecule has 2 rings (SSSR count). The zero-order valence-corrected chi connectivity index (χ0v) is 13.2. The van der Waals surface area contributed by atoms with Gasteiger partial charge in [-0.1, -0.05) is 43.3 Å². The van der Waals surface area contributed by atoms with Crippen molar-refractivity contribution >= 4 is 0 Å². The van der Waals surface area contributed by atoms with Crippen molar-refractivity contribution < 1.29 is 0 Å². The van der Waals surface area contributed by atoms with Crippen molar-refractivity contribution in [2.45, 2.75) is 40.7 Å². The number of hydrogen-bond donors (Lipinski definition) is 1. The van der Waals surface area contributed by atoms with Crippen LogP contribution in [-0.2, 0) is 0 Å². The van der Waals surface area contributed by atoms with Gasteiger partial charge in [-0.05, 0) is 67.6 Å². The van der Waals surface area contributed by atoms with Gasteiger partial charge < -0.3 is 5.32 Å². The molecule has 0 heterocycles. The summed E-state index contributed by atoms with van der Waals surface area (Å²) in [5.74, 6) is 0. The second-order valence-corrected chi connectivity index (χ2v) is 5.62. The fraction of sp³-hybridized carbons (Fsp3) is 0.368. The largest absolute Gasteiger partial charge is 0.307 e. The fourth-order valence-corrected chi connectivity index (χ4v) is 2.64. The molecule has 0 saturated carbocycles. The molecule has 2 aromatic carbocycles. The van der Waals surface area contributed by atoms with E-state index in [9.17, 15) is 0 Å². The molecule has 0 aliphatic rings. The van der Waals surface area contributed by atoms with Crippen LogP contribution in [-0.4, -0.2) is 6.54 Å². The van der Waals surface area contributed by atoms with Crippen LogP contribution in [0.25, 0.3) is 0 Å². The molecule has 0 radical (unpaired) electrons. The van der Waals surface area contributed by atoms with Crippen molar-refractivity contribution in [2.75, 3.05) is 6.54 Å². The van der Waals surface area contributed by atoms with E-state index in [-0.39, 0.29) is 6.04 Å². The third-order valence-electron chi connectivity index (χ3n) is 4.23. The van der Waals surface area contributed by atoms with Gasteiger partial charge in [0.2, 0.25) is 0 Å². The minimum absolute atomic E-state index is 0.277. The Labute approximate surface area is 123 Å². The van der Waals surface area contributed by atoms with Gasteiger partial charge in [-0.15, -0.1) is 0 Å². The van der Waals surface area contributed by atoms with Gasteiger partial charge >= 0.3 is 0 Å². The lowest BCUT2D eigenvalue weighted by molar-refractivity contribution is 0.626. The van der Waals surface area contributed by atoms with Gasteiger partial charge in [0, 0.05) is 0 Å². The Morgan fingerprint density at radius 2 is 1.65 bits per heavy atom. The van der Waals surface area contributed by atoms with E-state index in [0.717, 1.165) is 6.54 Å². The van der Waals surface area contributed by atoms with Gasteiger partial charge in [-0.2, -0.15) is 0 Å². The zero-order valence-electron chi connectivity index (χ0n) is 13.2. The predicted molar refractivity (Wildman–Crippen MR) is 87.4 cm³/mol. The smallest absolute Gasteiger partial charge is 0.0579 e. The normalized spacial score (nSPS) is 12.4. The number of nitrogens with one attached hydrogen (secondary N) is 1. The van der Waals surface area contributed by atoms with E-state index in [2.05, 4.69) is 76.3 Å². The minimum Gasteiger partial charge on any atom is -0.307 e. The van der Waals surface area contributed by atoms with Crippen LogP contribution in [0, 0.1) is 27.7 Å². The number of benzene rings is 2. The van der Waals surface area contributed by atoms with Gasteiger partial charge in [-0.3, -0.25) is 0 Å². The Bertz CT molecular complexity index is 599. The molecule has 1 N–H and O–H groups in total. The topological polar surface area (TPSA) is 12.0 Å². The van der Waals surface area contributed by atoms with Gasteiger partial charge in [0.05, 0.1) is 6.04 Å². The molecule has 0 bridgehead atoms. The highest BCUT2D eigenvalue weighted by Gasteiger charge is 2.16. The Hall–Kier alpha value is -1.60. The highest BCUT2D eigenvalue weighted by Crippen LogP contribution is 2.27. The maximum absolute atomic E-state index is 3.63. The van der Waals surface area contributed by atoms with E-state index in [4.69, 9.17) is 0 Å². The second kappa shape index (κ2) is 6.23. The van der Waals surface area contributed by atoms with Crippen molar-refractivity contribution in [3.8, 4) is 0 Å². The molecule has 1 unspecified atom stereocenters. The summed E-state index contributed by atoms with van der Waals surface area (Å²) in [5.41, 5.74) is 8.19. The Morgan fingerprint density at radius 3 is 2.30 bits per heavy atom. The van der Waals surface area contributed by atoms with E-state index < -0.39 is 0 Å². The van der Waals surface area contributed by atoms with Gasteiger partial charge in [0.25, 0.3) is 0 Å². The van der Waals surface area contributed by atoms with E-state index in [1.807, 2.05) is 0 Å². The highest BCUT2D eigenvalue weighted by atomic mass is 14.9. The summed E-state index contributed by atoms with van der Waals surface area (Å²) >= 11 is 0. The third kappa shape index (κ3) is 2.94. The Kier molecular flexibility index (Phi) is 4.61. The van der Waals surface area contributed by atoms with Crippen molar-refractivity contribution in [3.63, 3.8) is 0 Å². The van der Waals surface area contributed by atoms with E-state index >= 15 is 0 Å². The van der Waals surface area contributed by atoms with Crippen LogP contribution in [0.1, 0.15) is 46.3 Å². The molecule has 0 saturated heterocycles. The van der Waals surface area contributed by atoms with Crippen LogP contribution in [0.2, 0.25) is 0 Å². The average Bonchev–Trinajstić information content (AvgIpc) is 2.43. The van der Waals surface area contributed by atoms with Gasteiger partial charge in [0.1, 0.15) is 0 Å². The van der Waals surface area contributed by atoms with Gasteiger partial charge in [-0.25, -0.2) is 0 Å². The lowest BCUT2D eigenvalue weighted by Gasteiger charge is -2.22. The summed E-state index contributed by atoms with van der Waals surface area (Å²) in [7, 11) is 0. The van der Waals surface area contributed by atoms with Crippen molar-refractivity contribution in [1.29, 1.82) is 0 Å². The molecule has 20 heavy (non-hydrogen) atoms. The molecule has 0 spiro atoms. The molecule has 106 valence electrons. The number of hydrogen-bond acceptors (Lipinski definition) is 1. The van der Waals surface area contributed by atoms with Crippen molar-refractivity contribution in [1.82, 2.24) is 5.32 Å². The fourth-order valence-electron chi connectivity index (χ4n) is 2.64. The molecular weight excluding hydrogens is 242 g/mol. The summed E-state index contributed by atoms with van der Waals surface area (Å²) in [5, 5.41) is 3.63. The average molecular weight is 267 g/mol. The van der Waals surface area contributed by atoms with Crippen LogP contribution < -0.4 is 5.32 Å². The zero-order chi connectivity index (χ0) is 14.7. The first-order valence-corrected chi connectivity index (χ1v) is 7.41. The van der Waals surface area contributed by atoms with E-state index in [1.165, 1.54) is 33.4 Å². The van der Waals surface area contributed by atoms with Crippen LogP contribution in [0.15, 0.2) is 36.4 Å². The number of rotatable bonds is 4. The summed E-state index contributed by atoms with van der Waals surface area (Å²) < 4.78 is 0. The number of aryl methyl sites for hydroxylation is 3. The lowest BCUT2D eigenvalue weighted by Crippen LogP contribution is -2.23. The summed E-state index contributed by atoms with van der Waals surface area (Å²) in [6.07, 6.45) is 0. The molecule has 1 atom stereocenters. The van der Waals surface area contributed by atoms with Crippen molar-refractivity contribution in [2.24, 2.45) is 0 Å². The molecule has 0 fully saturated rings. The first kappa shape index (κ1) is 14.8.